The Kier molecular flexibility index (Phi) is 7.61. The number of anilines is 1. The molecular formula is C16H27N3O2. The lowest BCUT2D eigenvalue weighted by molar-refractivity contribution is -0.129. The molecule has 0 fully saturated rings. The first-order valence-corrected chi connectivity index (χ1v) is 7.53. The molecule has 2 N–H and O–H groups in total. The van der Waals surface area contributed by atoms with Crippen LogP contribution in [0.4, 0.5) is 5.69 Å². The van der Waals surface area contributed by atoms with Crippen LogP contribution in [0.15, 0.2) is 24.3 Å². The first-order chi connectivity index (χ1) is 10.2. The lowest BCUT2D eigenvalue weighted by Gasteiger charge is -2.27. The second-order valence-electron chi connectivity index (χ2n) is 4.83. The van der Waals surface area contributed by atoms with Crippen LogP contribution in [0.2, 0.25) is 0 Å². The van der Waals surface area contributed by atoms with Gasteiger partial charge in [-0.2, -0.15) is 0 Å². The molecule has 0 aromatic heterocycles. The van der Waals surface area contributed by atoms with Crippen LogP contribution in [0, 0.1) is 0 Å². The van der Waals surface area contributed by atoms with E-state index >= 15 is 0 Å². The summed E-state index contributed by atoms with van der Waals surface area (Å²) in [5.74, 6) is 0.959. The number of carbonyl (C=O) groups excluding carboxylic acids is 1. The van der Waals surface area contributed by atoms with Gasteiger partial charge in [0.2, 0.25) is 5.91 Å². The Labute approximate surface area is 127 Å². The Morgan fingerprint density at radius 3 is 2.29 bits per heavy atom. The smallest absolute Gasteiger partial charge is 0.242 e. The molecule has 0 unspecified atom stereocenters. The molecule has 0 atom stereocenters. The summed E-state index contributed by atoms with van der Waals surface area (Å²) >= 11 is 0. The maximum Gasteiger partial charge on any atom is 0.242 e. The molecule has 0 saturated heterocycles. The van der Waals surface area contributed by atoms with E-state index in [1.807, 2.05) is 43.0 Å². The molecule has 118 valence electrons. The molecule has 0 spiro atoms. The summed E-state index contributed by atoms with van der Waals surface area (Å²) in [6, 6.07) is 7.77. The van der Waals surface area contributed by atoms with Crippen LogP contribution in [-0.4, -0.2) is 50.6 Å². The molecule has 5 heteroatoms. The van der Waals surface area contributed by atoms with Crippen molar-refractivity contribution in [2.75, 3.05) is 44.7 Å². The Bertz CT molecular complexity index is 416. The van der Waals surface area contributed by atoms with Crippen LogP contribution in [-0.2, 0) is 4.79 Å². The van der Waals surface area contributed by atoms with Crippen LogP contribution >= 0.6 is 0 Å². The molecule has 5 nitrogen and oxygen atoms in total. The first kappa shape index (κ1) is 17.3. The van der Waals surface area contributed by atoms with Crippen molar-refractivity contribution in [2.45, 2.75) is 20.3 Å². The minimum atomic E-state index is 0.146. The van der Waals surface area contributed by atoms with Crippen molar-refractivity contribution in [3.05, 3.63) is 24.3 Å². The van der Waals surface area contributed by atoms with Crippen molar-refractivity contribution < 1.29 is 9.53 Å². The number of methoxy groups -OCH3 is 1. The van der Waals surface area contributed by atoms with Gasteiger partial charge in [0.25, 0.3) is 0 Å². The van der Waals surface area contributed by atoms with E-state index in [0.717, 1.165) is 37.5 Å². The number of amides is 1. The van der Waals surface area contributed by atoms with E-state index in [4.69, 9.17) is 10.5 Å². The number of hydrogen-bond acceptors (Lipinski definition) is 4. The summed E-state index contributed by atoms with van der Waals surface area (Å²) < 4.78 is 5.17. The number of nitrogens with zero attached hydrogens (tertiary/aromatic N) is 2. The van der Waals surface area contributed by atoms with Gasteiger partial charge in [-0.25, -0.2) is 0 Å². The van der Waals surface area contributed by atoms with Gasteiger partial charge in [-0.05, 0) is 51.1 Å². The zero-order chi connectivity index (χ0) is 15.7. The number of rotatable bonds is 9. The minimum absolute atomic E-state index is 0.146. The van der Waals surface area contributed by atoms with Crippen molar-refractivity contribution in [1.82, 2.24) is 4.90 Å². The predicted molar refractivity (Wildman–Crippen MR) is 86.8 cm³/mol. The summed E-state index contributed by atoms with van der Waals surface area (Å²) in [7, 11) is 1.64. The van der Waals surface area contributed by atoms with Crippen molar-refractivity contribution in [3.8, 4) is 5.75 Å². The lowest BCUT2D eigenvalue weighted by atomic mass is 10.2. The highest BCUT2D eigenvalue weighted by Crippen LogP contribution is 2.19. The molecule has 0 bridgehead atoms. The average molecular weight is 293 g/mol. The van der Waals surface area contributed by atoms with E-state index in [-0.39, 0.29) is 5.91 Å². The zero-order valence-electron chi connectivity index (χ0n) is 13.3. The van der Waals surface area contributed by atoms with Crippen LogP contribution in [0.5, 0.6) is 5.75 Å². The molecule has 1 aromatic rings. The second kappa shape index (κ2) is 9.23. The molecule has 0 aliphatic heterocycles. The van der Waals surface area contributed by atoms with Gasteiger partial charge in [-0.1, -0.05) is 0 Å². The highest BCUT2D eigenvalue weighted by Gasteiger charge is 2.15. The minimum Gasteiger partial charge on any atom is -0.497 e. The van der Waals surface area contributed by atoms with Gasteiger partial charge in [0.05, 0.1) is 13.7 Å². The zero-order valence-corrected chi connectivity index (χ0v) is 13.3. The van der Waals surface area contributed by atoms with Gasteiger partial charge in [0, 0.05) is 25.3 Å². The van der Waals surface area contributed by atoms with E-state index in [1.165, 1.54) is 0 Å². The topological polar surface area (TPSA) is 58.8 Å². The van der Waals surface area contributed by atoms with E-state index < -0.39 is 0 Å². The largest absolute Gasteiger partial charge is 0.497 e. The number of nitrogens with two attached hydrogens (primary N) is 1. The molecule has 0 aliphatic carbocycles. The highest BCUT2D eigenvalue weighted by molar-refractivity contribution is 5.81. The van der Waals surface area contributed by atoms with Gasteiger partial charge in [0.15, 0.2) is 0 Å². The molecule has 1 amide bonds. The molecule has 0 radical (unpaired) electrons. The Morgan fingerprint density at radius 1 is 1.19 bits per heavy atom. The first-order valence-electron chi connectivity index (χ1n) is 7.53. The van der Waals surface area contributed by atoms with E-state index in [2.05, 4.69) is 4.90 Å². The van der Waals surface area contributed by atoms with Crippen LogP contribution in [0.3, 0.4) is 0 Å². The summed E-state index contributed by atoms with van der Waals surface area (Å²) in [5, 5.41) is 0. The highest BCUT2D eigenvalue weighted by atomic mass is 16.5. The fourth-order valence-corrected chi connectivity index (χ4v) is 2.21. The molecule has 1 rings (SSSR count). The molecular weight excluding hydrogens is 266 g/mol. The molecule has 0 saturated carbocycles. The van der Waals surface area contributed by atoms with Gasteiger partial charge < -0.3 is 20.3 Å². The Morgan fingerprint density at radius 2 is 1.81 bits per heavy atom. The Hall–Kier alpha value is -1.75. The summed E-state index contributed by atoms with van der Waals surface area (Å²) in [6.45, 7) is 7.25. The van der Waals surface area contributed by atoms with Gasteiger partial charge >= 0.3 is 0 Å². The summed E-state index contributed by atoms with van der Waals surface area (Å²) in [5.41, 5.74) is 6.62. The van der Waals surface area contributed by atoms with Gasteiger partial charge in [0.1, 0.15) is 5.75 Å². The van der Waals surface area contributed by atoms with Crippen molar-refractivity contribution >= 4 is 11.6 Å². The van der Waals surface area contributed by atoms with Gasteiger partial charge in [-0.15, -0.1) is 0 Å². The van der Waals surface area contributed by atoms with Crippen molar-refractivity contribution in [2.24, 2.45) is 5.73 Å². The standard InChI is InChI=1S/C16H27N3O2/c1-4-18(5-2)16(20)13-19(12-6-11-17)14-7-9-15(21-3)10-8-14/h7-10H,4-6,11-13,17H2,1-3H3. The number of carbonyl (C=O) groups is 1. The number of likely N-dealkylation sites (N-methyl/N-ethyl adjacent to an activating group) is 1. The van der Waals surface area contributed by atoms with Crippen LogP contribution in [0.1, 0.15) is 20.3 Å². The van der Waals surface area contributed by atoms with E-state index in [1.54, 1.807) is 7.11 Å². The number of hydrogen-bond donors (Lipinski definition) is 1. The van der Waals surface area contributed by atoms with Crippen molar-refractivity contribution in [1.29, 1.82) is 0 Å². The quantitative estimate of drug-likeness (QED) is 0.753. The van der Waals surface area contributed by atoms with E-state index in [0.29, 0.717) is 13.1 Å². The molecule has 0 aliphatic rings. The maximum absolute atomic E-state index is 12.3. The van der Waals surface area contributed by atoms with E-state index in [9.17, 15) is 4.79 Å². The lowest BCUT2D eigenvalue weighted by Crippen LogP contribution is -2.41. The third-order valence-corrected chi connectivity index (χ3v) is 3.51. The van der Waals surface area contributed by atoms with Crippen LogP contribution < -0.4 is 15.4 Å². The molecule has 0 heterocycles. The SMILES string of the molecule is CCN(CC)C(=O)CN(CCCN)c1ccc(OC)cc1. The maximum atomic E-state index is 12.3. The normalized spacial score (nSPS) is 10.3. The Balaban J connectivity index is 2.80. The second-order valence-corrected chi connectivity index (χ2v) is 4.83. The van der Waals surface area contributed by atoms with Gasteiger partial charge in [-0.3, -0.25) is 4.79 Å². The van der Waals surface area contributed by atoms with Crippen molar-refractivity contribution in [3.63, 3.8) is 0 Å². The van der Waals surface area contributed by atoms with Crippen LogP contribution in [0.25, 0.3) is 0 Å². The summed E-state index contributed by atoms with van der Waals surface area (Å²) in [6.07, 6.45) is 0.859. The fourth-order valence-electron chi connectivity index (χ4n) is 2.21. The average Bonchev–Trinajstić information content (AvgIpc) is 2.52. The third-order valence-electron chi connectivity index (χ3n) is 3.51. The molecule has 21 heavy (non-hydrogen) atoms. The third kappa shape index (κ3) is 5.27. The summed E-state index contributed by atoms with van der Waals surface area (Å²) in [4.78, 5) is 16.2. The monoisotopic (exact) mass is 293 g/mol. The predicted octanol–water partition coefficient (Wildman–Crippen LogP) is 1.72. The number of ether oxygens (including phenoxy) is 1. The fraction of sp³-hybridized carbons (Fsp3) is 0.562. The molecule has 1 aromatic carbocycles. The number of benzene rings is 1.